The van der Waals surface area contributed by atoms with Gasteiger partial charge >= 0.3 is 0 Å². The minimum atomic E-state index is -1.06. The topological polar surface area (TPSA) is 82.1 Å². The second-order valence-corrected chi connectivity index (χ2v) is 3.96. The van der Waals surface area contributed by atoms with Crippen molar-refractivity contribution in [1.82, 2.24) is 9.78 Å². The predicted octanol–water partition coefficient (Wildman–Crippen LogP) is 0.881. The number of hydrogen-bond donors (Lipinski definition) is 2. The fourth-order valence-electron chi connectivity index (χ4n) is 1.77. The largest absolute Gasteiger partial charge is 0.389 e. The molecule has 2 aromatic rings. The maximum absolute atomic E-state index is 9.88. The van der Waals surface area contributed by atoms with Crippen LogP contribution >= 0.6 is 0 Å². The first kappa shape index (κ1) is 11.6. The maximum atomic E-state index is 9.88. The molecular formula is C12H13N3O2. The van der Waals surface area contributed by atoms with Gasteiger partial charge in [0.1, 0.15) is 6.10 Å². The molecule has 0 saturated carbocycles. The van der Waals surface area contributed by atoms with Crippen molar-refractivity contribution in [3.05, 3.63) is 30.0 Å². The lowest BCUT2D eigenvalue weighted by Crippen LogP contribution is -2.17. The number of benzene rings is 1. The van der Waals surface area contributed by atoms with Crippen molar-refractivity contribution in [2.45, 2.75) is 18.6 Å². The Balaban J connectivity index is 2.35. The molecule has 2 unspecified atom stereocenters. The van der Waals surface area contributed by atoms with Gasteiger partial charge in [0.25, 0.3) is 0 Å². The van der Waals surface area contributed by atoms with Gasteiger partial charge < -0.3 is 10.2 Å². The van der Waals surface area contributed by atoms with Crippen LogP contribution in [0.2, 0.25) is 0 Å². The molecule has 0 saturated heterocycles. The Morgan fingerprint density at radius 1 is 1.47 bits per heavy atom. The summed E-state index contributed by atoms with van der Waals surface area (Å²) in [6.07, 6.45) is -0.471. The molecule has 5 nitrogen and oxygen atoms in total. The molecule has 5 heteroatoms. The van der Waals surface area contributed by atoms with Gasteiger partial charge in [0.15, 0.2) is 0 Å². The second kappa shape index (κ2) is 4.53. The van der Waals surface area contributed by atoms with Crippen molar-refractivity contribution in [2.24, 2.45) is 7.05 Å². The maximum Gasteiger partial charge on any atom is 0.106 e. The van der Waals surface area contributed by atoms with E-state index in [9.17, 15) is 10.2 Å². The zero-order valence-electron chi connectivity index (χ0n) is 9.41. The fourth-order valence-corrected chi connectivity index (χ4v) is 1.77. The standard InChI is InChI=1S/C12H13N3O2/c1-15-10-6-8(2-3-9(10)7-14-15)12(17)11(16)4-5-13/h2-3,6-7,11-12,16-17H,4H2,1H3. The van der Waals surface area contributed by atoms with Crippen molar-refractivity contribution in [3.8, 4) is 6.07 Å². The number of aliphatic hydroxyl groups excluding tert-OH is 2. The molecule has 2 atom stereocenters. The van der Waals surface area contributed by atoms with Crippen molar-refractivity contribution >= 4 is 10.9 Å². The summed E-state index contributed by atoms with van der Waals surface area (Å²) in [5.74, 6) is 0. The molecule has 0 aliphatic rings. The quantitative estimate of drug-likeness (QED) is 0.821. The van der Waals surface area contributed by atoms with E-state index in [4.69, 9.17) is 5.26 Å². The van der Waals surface area contributed by atoms with Crippen molar-refractivity contribution < 1.29 is 10.2 Å². The Kier molecular flexibility index (Phi) is 3.09. The van der Waals surface area contributed by atoms with Gasteiger partial charge in [0.05, 0.1) is 30.3 Å². The molecule has 1 aromatic heterocycles. The van der Waals surface area contributed by atoms with E-state index >= 15 is 0 Å². The molecular weight excluding hydrogens is 218 g/mol. The van der Waals surface area contributed by atoms with Crippen LogP contribution < -0.4 is 0 Å². The Labute approximate surface area is 98.5 Å². The monoisotopic (exact) mass is 231 g/mol. The van der Waals surface area contributed by atoms with Crippen LogP contribution in [-0.2, 0) is 7.05 Å². The number of rotatable bonds is 3. The fraction of sp³-hybridized carbons (Fsp3) is 0.333. The van der Waals surface area contributed by atoms with Crippen molar-refractivity contribution in [2.75, 3.05) is 0 Å². The van der Waals surface area contributed by atoms with E-state index < -0.39 is 12.2 Å². The summed E-state index contributed by atoms with van der Waals surface area (Å²) < 4.78 is 1.70. The summed E-state index contributed by atoms with van der Waals surface area (Å²) in [4.78, 5) is 0. The molecule has 0 amide bonds. The minimum absolute atomic E-state index is 0.0927. The first-order chi connectivity index (χ1) is 8.13. The van der Waals surface area contributed by atoms with E-state index in [0.717, 1.165) is 10.9 Å². The van der Waals surface area contributed by atoms with Gasteiger partial charge in [-0.25, -0.2) is 0 Å². The highest BCUT2D eigenvalue weighted by Crippen LogP contribution is 2.23. The van der Waals surface area contributed by atoms with Crippen LogP contribution in [-0.4, -0.2) is 26.1 Å². The molecule has 0 fully saturated rings. The third kappa shape index (κ3) is 2.13. The molecule has 1 aromatic carbocycles. The first-order valence-electron chi connectivity index (χ1n) is 5.28. The second-order valence-electron chi connectivity index (χ2n) is 3.96. The zero-order valence-corrected chi connectivity index (χ0v) is 9.41. The molecule has 1 heterocycles. The molecule has 0 radical (unpaired) electrons. The number of nitrogens with zero attached hydrogens (tertiary/aromatic N) is 3. The molecule has 2 N–H and O–H groups in total. The van der Waals surface area contributed by atoms with Gasteiger partial charge in [-0.3, -0.25) is 4.68 Å². The van der Waals surface area contributed by atoms with Gasteiger partial charge in [-0.1, -0.05) is 12.1 Å². The lowest BCUT2D eigenvalue weighted by molar-refractivity contribution is 0.0217. The molecule has 0 aliphatic carbocycles. The van der Waals surface area contributed by atoms with E-state index in [1.54, 1.807) is 23.0 Å². The molecule has 2 rings (SSSR count). The van der Waals surface area contributed by atoms with Crippen LogP contribution in [0.4, 0.5) is 0 Å². The summed E-state index contributed by atoms with van der Waals surface area (Å²) in [7, 11) is 1.81. The van der Waals surface area contributed by atoms with Crippen molar-refractivity contribution in [1.29, 1.82) is 5.26 Å². The number of nitriles is 1. The lowest BCUT2D eigenvalue weighted by atomic mass is 10.0. The third-order valence-corrected chi connectivity index (χ3v) is 2.78. The third-order valence-electron chi connectivity index (χ3n) is 2.78. The summed E-state index contributed by atoms with van der Waals surface area (Å²) in [6.45, 7) is 0. The van der Waals surface area contributed by atoms with Gasteiger partial charge in [0.2, 0.25) is 0 Å². The average Bonchev–Trinajstić information content (AvgIpc) is 2.70. The first-order valence-corrected chi connectivity index (χ1v) is 5.28. The highest BCUT2D eigenvalue weighted by atomic mass is 16.3. The van der Waals surface area contributed by atoms with Crippen LogP contribution in [0.25, 0.3) is 10.9 Å². The van der Waals surface area contributed by atoms with E-state index in [2.05, 4.69) is 5.10 Å². The van der Waals surface area contributed by atoms with E-state index in [1.807, 2.05) is 19.2 Å². The van der Waals surface area contributed by atoms with E-state index in [1.165, 1.54) is 0 Å². The van der Waals surface area contributed by atoms with E-state index in [-0.39, 0.29) is 6.42 Å². The Bertz CT molecular complexity index is 571. The lowest BCUT2D eigenvalue weighted by Gasteiger charge is -2.15. The molecule has 17 heavy (non-hydrogen) atoms. The normalized spacial score (nSPS) is 14.5. The number of aryl methyl sites for hydroxylation is 1. The Morgan fingerprint density at radius 3 is 2.94 bits per heavy atom. The van der Waals surface area contributed by atoms with Crippen LogP contribution in [0.1, 0.15) is 18.1 Å². The summed E-state index contributed by atoms with van der Waals surface area (Å²) >= 11 is 0. The summed E-state index contributed by atoms with van der Waals surface area (Å²) in [5, 5.41) is 33.0. The number of hydrogen-bond acceptors (Lipinski definition) is 4. The number of aliphatic hydroxyl groups is 2. The van der Waals surface area contributed by atoms with Gasteiger partial charge in [-0.2, -0.15) is 10.4 Å². The van der Waals surface area contributed by atoms with Crippen LogP contribution in [0.15, 0.2) is 24.4 Å². The van der Waals surface area contributed by atoms with Gasteiger partial charge in [0, 0.05) is 12.4 Å². The molecule has 0 aliphatic heterocycles. The average molecular weight is 231 g/mol. The minimum Gasteiger partial charge on any atom is -0.389 e. The van der Waals surface area contributed by atoms with Gasteiger partial charge in [-0.05, 0) is 11.6 Å². The van der Waals surface area contributed by atoms with Gasteiger partial charge in [-0.15, -0.1) is 0 Å². The number of aromatic nitrogens is 2. The Hall–Kier alpha value is -1.90. The summed E-state index contributed by atoms with van der Waals surface area (Å²) in [6, 6.07) is 7.17. The highest BCUT2D eigenvalue weighted by molar-refractivity contribution is 5.79. The molecule has 0 bridgehead atoms. The zero-order chi connectivity index (χ0) is 12.4. The Morgan fingerprint density at radius 2 is 2.24 bits per heavy atom. The smallest absolute Gasteiger partial charge is 0.106 e. The SMILES string of the molecule is Cn1ncc2ccc(C(O)C(O)CC#N)cc21. The highest BCUT2D eigenvalue weighted by Gasteiger charge is 2.18. The molecule has 0 spiro atoms. The number of fused-ring (bicyclic) bond motifs is 1. The summed E-state index contributed by atoms with van der Waals surface area (Å²) in [5.41, 5.74) is 1.47. The molecule has 88 valence electrons. The van der Waals surface area contributed by atoms with Crippen LogP contribution in [0.5, 0.6) is 0 Å². The predicted molar refractivity (Wildman–Crippen MR) is 61.9 cm³/mol. The van der Waals surface area contributed by atoms with E-state index in [0.29, 0.717) is 5.56 Å². The van der Waals surface area contributed by atoms with Crippen LogP contribution in [0.3, 0.4) is 0 Å². The van der Waals surface area contributed by atoms with Crippen LogP contribution in [0, 0.1) is 11.3 Å². The van der Waals surface area contributed by atoms with Crippen molar-refractivity contribution in [3.63, 3.8) is 0 Å².